The first-order chi connectivity index (χ1) is 14.6. The fourth-order valence-corrected chi connectivity index (χ4v) is 3.13. The average Bonchev–Trinajstić information content (AvgIpc) is 3.16. The maximum atomic E-state index is 11.8. The van der Waals surface area contributed by atoms with Crippen LogP contribution < -0.4 is 15.8 Å². The van der Waals surface area contributed by atoms with Gasteiger partial charge < -0.3 is 15.8 Å². The van der Waals surface area contributed by atoms with Crippen molar-refractivity contribution in [3.05, 3.63) is 65.5 Å². The van der Waals surface area contributed by atoms with E-state index in [1.165, 1.54) is 7.11 Å². The van der Waals surface area contributed by atoms with Crippen molar-refractivity contribution in [1.82, 2.24) is 24.5 Å². The number of hydrogen-bond acceptors (Lipinski definition) is 7. The van der Waals surface area contributed by atoms with E-state index >= 15 is 0 Å². The molecule has 0 aliphatic heterocycles. The number of nitrogens with one attached hydrogen (secondary N) is 1. The quantitative estimate of drug-likeness (QED) is 0.486. The van der Waals surface area contributed by atoms with Gasteiger partial charge in [0.1, 0.15) is 11.3 Å². The van der Waals surface area contributed by atoms with Crippen LogP contribution in [0, 0.1) is 0 Å². The SMILES string of the molecule is CCc1nc(NCc2ccccc2)nc(-n2c(OC)nc3c(C(N)=O)cccc32)n1. The molecule has 2 aromatic carbocycles. The molecule has 0 unspecified atom stereocenters. The van der Waals surface area contributed by atoms with E-state index in [1.54, 1.807) is 16.7 Å². The average molecular weight is 403 g/mol. The summed E-state index contributed by atoms with van der Waals surface area (Å²) >= 11 is 0. The molecule has 4 aromatic rings. The minimum Gasteiger partial charge on any atom is -0.468 e. The zero-order valence-electron chi connectivity index (χ0n) is 16.7. The minimum absolute atomic E-state index is 0.251. The van der Waals surface area contributed by atoms with Gasteiger partial charge in [-0.1, -0.05) is 43.3 Å². The van der Waals surface area contributed by atoms with E-state index in [-0.39, 0.29) is 6.01 Å². The first-order valence-electron chi connectivity index (χ1n) is 9.49. The fourth-order valence-electron chi connectivity index (χ4n) is 3.13. The number of rotatable bonds is 7. The summed E-state index contributed by atoms with van der Waals surface area (Å²) in [7, 11) is 1.50. The lowest BCUT2D eigenvalue weighted by atomic mass is 10.2. The number of amides is 1. The summed E-state index contributed by atoms with van der Waals surface area (Å²) in [4.78, 5) is 29.8. The number of aromatic nitrogens is 5. The molecule has 0 aliphatic carbocycles. The number of methoxy groups -OCH3 is 1. The molecule has 0 saturated carbocycles. The van der Waals surface area contributed by atoms with Crippen LogP contribution in [0.3, 0.4) is 0 Å². The lowest BCUT2D eigenvalue weighted by Gasteiger charge is -2.11. The second-order valence-corrected chi connectivity index (χ2v) is 6.54. The molecule has 0 radical (unpaired) electrons. The summed E-state index contributed by atoms with van der Waals surface area (Å²) in [5.74, 6) is 0.836. The number of nitrogens with two attached hydrogens (primary N) is 1. The van der Waals surface area contributed by atoms with Gasteiger partial charge in [0.2, 0.25) is 11.9 Å². The van der Waals surface area contributed by atoms with Crippen molar-refractivity contribution in [2.75, 3.05) is 12.4 Å². The molecule has 152 valence electrons. The summed E-state index contributed by atoms with van der Waals surface area (Å²) < 4.78 is 7.09. The summed E-state index contributed by atoms with van der Waals surface area (Å²) in [6, 6.07) is 15.4. The Morgan fingerprint density at radius 3 is 2.57 bits per heavy atom. The van der Waals surface area contributed by atoms with E-state index < -0.39 is 5.91 Å². The topological polar surface area (TPSA) is 121 Å². The van der Waals surface area contributed by atoms with Crippen LogP contribution >= 0.6 is 0 Å². The van der Waals surface area contributed by atoms with Gasteiger partial charge in [-0.3, -0.25) is 4.79 Å². The van der Waals surface area contributed by atoms with Gasteiger partial charge in [-0.05, 0) is 17.7 Å². The molecule has 2 aromatic heterocycles. The zero-order chi connectivity index (χ0) is 21.1. The number of hydrogen-bond donors (Lipinski definition) is 2. The second-order valence-electron chi connectivity index (χ2n) is 6.54. The van der Waals surface area contributed by atoms with Crippen molar-refractivity contribution in [3.8, 4) is 12.0 Å². The van der Waals surface area contributed by atoms with Crippen molar-refractivity contribution in [2.45, 2.75) is 19.9 Å². The highest BCUT2D eigenvalue weighted by molar-refractivity contribution is 6.04. The Hall–Kier alpha value is -4.01. The highest BCUT2D eigenvalue weighted by atomic mass is 16.5. The lowest BCUT2D eigenvalue weighted by molar-refractivity contribution is 0.100. The molecule has 4 rings (SSSR count). The van der Waals surface area contributed by atoms with Crippen LogP contribution in [-0.4, -0.2) is 37.5 Å². The van der Waals surface area contributed by atoms with E-state index in [4.69, 9.17) is 10.5 Å². The fraction of sp³-hybridized carbons (Fsp3) is 0.190. The third-order valence-electron chi connectivity index (χ3n) is 4.58. The minimum atomic E-state index is -0.567. The Bertz CT molecular complexity index is 1200. The molecule has 3 N–H and O–H groups in total. The Balaban J connectivity index is 1.81. The van der Waals surface area contributed by atoms with E-state index in [0.29, 0.717) is 47.3 Å². The molecule has 9 nitrogen and oxygen atoms in total. The number of primary amides is 1. The standard InChI is InChI=1S/C21H21N7O2/c1-3-16-24-19(23-12-13-8-5-4-6-9-13)27-20(25-16)28-15-11-7-10-14(18(22)29)17(15)26-21(28)30-2/h4-11H,3,12H2,1-2H3,(H2,22,29)(H,23,24,25,27). The van der Waals surface area contributed by atoms with Gasteiger partial charge in [0.15, 0.2) is 0 Å². The van der Waals surface area contributed by atoms with Crippen molar-refractivity contribution >= 4 is 22.9 Å². The third kappa shape index (κ3) is 3.64. The Morgan fingerprint density at radius 2 is 1.87 bits per heavy atom. The molecule has 1 amide bonds. The van der Waals surface area contributed by atoms with Gasteiger partial charge >= 0.3 is 6.01 Å². The van der Waals surface area contributed by atoms with Gasteiger partial charge in [-0.25, -0.2) is 4.57 Å². The predicted octanol–water partition coefficient (Wildman–Crippen LogP) is 2.49. The van der Waals surface area contributed by atoms with E-state index in [1.807, 2.05) is 43.3 Å². The number of ether oxygens (including phenoxy) is 1. The van der Waals surface area contributed by atoms with Crippen LogP contribution in [0.5, 0.6) is 6.01 Å². The van der Waals surface area contributed by atoms with E-state index in [0.717, 1.165) is 5.56 Å². The molecule has 9 heteroatoms. The largest absolute Gasteiger partial charge is 0.468 e. The summed E-state index contributed by atoms with van der Waals surface area (Å²) in [5.41, 5.74) is 7.96. The van der Waals surface area contributed by atoms with Gasteiger partial charge in [0.05, 0.1) is 18.2 Å². The van der Waals surface area contributed by atoms with Crippen LogP contribution in [0.4, 0.5) is 5.95 Å². The van der Waals surface area contributed by atoms with Crippen molar-refractivity contribution in [2.24, 2.45) is 5.73 Å². The van der Waals surface area contributed by atoms with Gasteiger partial charge in [-0.15, -0.1) is 0 Å². The summed E-state index contributed by atoms with van der Waals surface area (Å²) in [6.07, 6.45) is 0.622. The smallest absolute Gasteiger partial charge is 0.304 e. The Labute approximate surface area is 173 Å². The van der Waals surface area contributed by atoms with Gasteiger partial charge in [0, 0.05) is 13.0 Å². The molecule has 0 fully saturated rings. The highest BCUT2D eigenvalue weighted by Crippen LogP contribution is 2.27. The summed E-state index contributed by atoms with van der Waals surface area (Å²) in [6.45, 7) is 2.54. The number of fused-ring (bicyclic) bond motifs is 1. The van der Waals surface area contributed by atoms with Crippen LogP contribution in [0.1, 0.15) is 28.7 Å². The first kappa shape index (κ1) is 19.3. The van der Waals surface area contributed by atoms with Crippen molar-refractivity contribution in [1.29, 1.82) is 0 Å². The molecule has 0 saturated heterocycles. The zero-order valence-corrected chi connectivity index (χ0v) is 16.7. The number of nitrogens with zero attached hydrogens (tertiary/aromatic N) is 5. The highest BCUT2D eigenvalue weighted by Gasteiger charge is 2.20. The molecule has 2 heterocycles. The summed E-state index contributed by atoms with van der Waals surface area (Å²) in [5, 5.41) is 3.24. The van der Waals surface area contributed by atoms with Crippen molar-refractivity contribution in [3.63, 3.8) is 0 Å². The maximum Gasteiger partial charge on any atom is 0.304 e. The molecule has 0 atom stereocenters. The number of carbonyl (C=O) groups excluding carboxylic acids is 1. The molecule has 0 spiro atoms. The number of aryl methyl sites for hydroxylation is 1. The lowest BCUT2D eigenvalue weighted by Crippen LogP contribution is -2.12. The molecular formula is C21H21N7O2. The van der Waals surface area contributed by atoms with Gasteiger partial charge in [0.25, 0.3) is 5.91 Å². The number of para-hydroxylation sites is 1. The van der Waals surface area contributed by atoms with E-state index in [9.17, 15) is 4.79 Å². The van der Waals surface area contributed by atoms with Crippen molar-refractivity contribution < 1.29 is 9.53 Å². The molecule has 0 aliphatic rings. The number of benzene rings is 2. The molecular weight excluding hydrogens is 382 g/mol. The van der Waals surface area contributed by atoms with Gasteiger partial charge in [-0.2, -0.15) is 19.9 Å². The molecule has 0 bridgehead atoms. The number of anilines is 1. The number of imidazole rings is 1. The van der Waals surface area contributed by atoms with Crippen LogP contribution in [-0.2, 0) is 13.0 Å². The van der Waals surface area contributed by atoms with Crippen LogP contribution in [0.15, 0.2) is 48.5 Å². The predicted molar refractivity (Wildman–Crippen MR) is 113 cm³/mol. The third-order valence-corrected chi connectivity index (χ3v) is 4.58. The van der Waals surface area contributed by atoms with E-state index in [2.05, 4.69) is 25.3 Å². The monoisotopic (exact) mass is 403 g/mol. The van der Waals surface area contributed by atoms with Crippen LogP contribution in [0.25, 0.3) is 17.0 Å². The first-order valence-corrected chi connectivity index (χ1v) is 9.49. The number of carbonyl (C=O) groups is 1. The Kier molecular flexibility index (Phi) is 5.25. The molecule has 30 heavy (non-hydrogen) atoms. The second kappa shape index (κ2) is 8.16. The maximum absolute atomic E-state index is 11.8. The normalized spacial score (nSPS) is 10.9. The van der Waals surface area contributed by atoms with Crippen LogP contribution in [0.2, 0.25) is 0 Å². The Morgan fingerprint density at radius 1 is 1.07 bits per heavy atom.